The second kappa shape index (κ2) is 6.12. The molecule has 25 heavy (non-hydrogen) atoms. The molecule has 0 bridgehead atoms. The van der Waals surface area contributed by atoms with Gasteiger partial charge in [0.05, 0.1) is 11.5 Å². The lowest BCUT2D eigenvalue weighted by Crippen LogP contribution is -2.50. The highest BCUT2D eigenvalue weighted by molar-refractivity contribution is 7.89. The van der Waals surface area contributed by atoms with Crippen LogP contribution in [0, 0.1) is 5.92 Å². The van der Waals surface area contributed by atoms with E-state index in [0.717, 1.165) is 22.3 Å². The van der Waals surface area contributed by atoms with Gasteiger partial charge in [-0.1, -0.05) is 6.92 Å². The van der Waals surface area contributed by atoms with Crippen LogP contribution in [0.25, 0.3) is 11.0 Å². The van der Waals surface area contributed by atoms with E-state index in [0.29, 0.717) is 24.7 Å². The zero-order chi connectivity index (χ0) is 17.6. The number of sulfonamides is 1. The van der Waals surface area contributed by atoms with Crippen LogP contribution in [0.1, 0.15) is 31.7 Å². The molecule has 0 atom stereocenters. The maximum Gasteiger partial charge on any atom is 0.585 e. The quantitative estimate of drug-likeness (QED) is 0.652. The molecule has 2 aromatic heterocycles. The lowest BCUT2D eigenvalue weighted by atomic mass is 9.69. The molecule has 0 radical (unpaired) electrons. The van der Waals surface area contributed by atoms with Gasteiger partial charge in [0.2, 0.25) is 10.0 Å². The van der Waals surface area contributed by atoms with Crippen molar-refractivity contribution in [1.29, 1.82) is 0 Å². The molecule has 10 heteroatoms. The first-order valence-corrected chi connectivity index (χ1v) is 10.0. The summed E-state index contributed by atoms with van der Waals surface area (Å²) in [6.45, 7) is 1.84. The molecule has 3 heterocycles. The molecule has 1 fully saturated rings. The van der Waals surface area contributed by atoms with Crippen molar-refractivity contribution in [2.45, 2.75) is 32.2 Å². The molecule has 1 aliphatic carbocycles. The number of hydrogen-bond donors (Lipinski definition) is 3. The van der Waals surface area contributed by atoms with E-state index in [1.165, 1.54) is 0 Å². The molecule has 8 nitrogen and oxygen atoms in total. The second-order valence-electron chi connectivity index (χ2n) is 6.56. The first kappa shape index (κ1) is 16.6. The van der Waals surface area contributed by atoms with Crippen LogP contribution >= 0.6 is 0 Å². The summed E-state index contributed by atoms with van der Waals surface area (Å²) < 4.78 is 31.6. The van der Waals surface area contributed by atoms with Crippen LogP contribution in [0.2, 0.25) is 0 Å². The van der Waals surface area contributed by atoms with Gasteiger partial charge < -0.3 is 14.8 Å². The number of oxime groups is 1. The number of aromatic nitrogens is 2. The third kappa shape index (κ3) is 2.94. The molecule has 0 spiro atoms. The molecule has 1 saturated carbocycles. The van der Waals surface area contributed by atoms with Crippen LogP contribution in [0.4, 0.5) is 0 Å². The molecule has 0 saturated heterocycles. The fourth-order valence-electron chi connectivity index (χ4n) is 3.50. The maximum atomic E-state index is 11.9. The number of hydrogen-bond acceptors (Lipinski definition) is 6. The van der Waals surface area contributed by atoms with Gasteiger partial charge in [-0.2, -0.15) is 0 Å². The molecule has 0 amide bonds. The highest BCUT2D eigenvalue weighted by atomic mass is 32.2. The summed E-state index contributed by atoms with van der Waals surface area (Å²) in [5.74, 6) is 0.226. The molecule has 2 aliphatic rings. The van der Waals surface area contributed by atoms with Crippen LogP contribution in [0.5, 0.6) is 0 Å². The van der Waals surface area contributed by atoms with Crippen molar-refractivity contribution < 1.29 is 18.2 Å². The summed E-state index contributed by atoms with van der Waals surface area (Å²) in [6.07, 6.45) is 5.30. The lowest BCUT2D eigenvalue weighted by Gasteiger charge is -2.37. The second-order valence-corrected chi connectivity index (χ2v) is 8.44. The Balaban J connectivity index is 1.57. The number of fused-ring (bicyclic) bond motifs is 3. The van der Waals surface area contributed by atoms with Crippen LogP contribution in [0.3, 0.4) is 0 Å². The van der Waals surface area contributed by atoms with E-state index >= 15 is 0 Å². The van der Waals surface area contributed by atoms with E-state index in [4.69, 9.17) is 4.76 Å². The number of rotatable bonds is 5. The molecule has 132 valence electrons. The van der Waals surface area contributed by atoms with E-state index in [9.17, 15) is 13.4 Å². The van der Waals surface area contributed by atoms with E-state index in [2.05, 4.69) is 19.8 Å². The SMILES string of the molecule is CCCS(=O)(=O)N[C@H]1C[C@@H](C2=NOB(O)c3cnc4[nH]ccc4c32)C1. The summed E-state index contributed by atoms with van der Waals surface area (Å²) >= 11 is 0. The first-order valence-electron chi connectivity index (χ1n) is 8.36. The van der Waals surface area contributed by atoms with E-state index < -0.39 is 17.1 Å². The molecule has 0 aromatic carbocycles. The van der Waals surface area contributed by atoms with Crippen LogP contribution in [-0.4, -0.2) is 48.0 Å². The minimum absolute atomic E-state index is 0.0805. The van der Waals surface area contributed by atoms with Gasteiger partial charge in [-0.05, 0) is 25.3 Å². The highest BCUT2D eigenvalue weighted by Crippen LogP contribution is 2.34. The van der Waals surface area contributed by atoms with Crippen LogP contribution in [-0.2, 0) is 14.8 Å². The Labute approximate surface area is 145 Å². The largest absolute Gasteiger partial charge is 0.585 e. The topological polar surface area (TPSA) is 117 Å². The Morgan fingerprint density at radius 2 is 2.28 bits per heavy atom. The Bertz CT molecular complexity index is 936. The van der Waals surface area contributed by atoms with E-state index in [1.54, 1.807) is 12.4 Å². The molecule has 3 N–H and O–H groups in total. The van der Waals surface area contributed by atoms with Crippen molar-refractivity contribution in [3.05, 3.63) is 24.0 Å². The smallest absolute Gasteiger partial charge is 0.427 e. The van der Waals surface area contributed by atoms with Crippen LogP contribution in [0.15, 0.2) is 23.6 Å². The van der Waals surface area contributed by atoms with Crippen molar-refractivity contribution in [2.75, 3.05) is 5.75 Å². The Hall–Kier alpha value is -1.91. The van der Waals surface area contributed by atoms with Gasteiger partial charge in [-0.15, -0.1) is 5.16 Å². The highest BCUT2D eigenvalue weighted by Gasteiger charge is 2.41. The summed E-state index contributed by atoms with van der Waals surface area (Å²) in [7, 11) is -4.35. The lowest BCUT2D eigenvalue weighted by molar-refractivity contribution is 0.267. The van der Waals surface area contributed by atoms with Gasteiger partial charge >= 0.3 is 7.12 Å². The molecular weight excluding hydrogens is 343 g/mol. The predicted molar refractivity (Wildman–Crippen MR) is 95.0 cm³/mol. The Morgan fingerprint density at radius 3 is 3.04 bits per heavy atom. The zero-order valence-corrected chi connectivity index (χ0v) is 14.6. The van der Waals surface area contributed by atoms with Gasteiger partial charge in [0.25, 0.3) is 0 Å². The van der Waals surface area contributed by atoms with Crippen molar-refractivity contribution in [2.24, 2.45) is 11.1 Å². The third-order valence-corrected chi connectivity index (χ3v) is 6.37. The standard InChI is InChI=1S/C15H19BN4O4S/c1-2-5-25(22,23)20-10-6-9(7-10)14-13-11-3-4-17-15(11)18-8-12(13)16(21)24-19-14/h3-4,8-10,20-21H,2,5-7H2,1H3,(H,17,18)/t9-,10+. The van der Waals surface area contributed by atoms with Gasteiger partial charge in [0.1, 0.15) is 5.65 Å². The average molecular weight is 362 g/mol. The third-order valence-electron chi connectivity index (χ3n) is 4.73. The number of pyridine rings is 1. The average Bonchev–Trinajstić information content (AvgIpc) is 3.00. The number of aromatic amines is 1. The van der Waals surface area contributed by atoms with E-state index in [1.807, 2.05) is 13.0 Å². The van der Waals surface area contributed by atoms with Gasteiger partial charge in [0.15, 0.2) is 0 Å². The van der Waals surface area contributed by atoms with Crippen molar-refractivity contribution in [3.8, 4) is 0 Å². The van der Waals surface area contributed by atoms with Crippen molar-refractivity contribution in [3.63, 3.8) is 0 Å². The summed E-state index contributed by atoms with van der Waals surface area (Å²) in [5, 5.41) is 15.0. The summed E-state index contributed by atoms with van der Waals surface area (Å²) in [4.78, 5) is 7.34. The van der Waals surface area contributed by atoms with Gasteiger partial charge in [0, 0.05) is 40.8 Å². The summed E-state index contributed by atoms with van der Waals surface area (Å²) in [6, 6.07) is 1.82. The Morgan fingerprint density at radius 1 is 1.48 bits per heavy atom. The van der Waals surface area contributed by atoms with Gasteiger partial charge in [-0.3, -0.25) is 0 Å². The minimum Gasteiger partial charge on any atom is -0.427 e. The normalized spacial score (nSPS) is 23.0. The number of H-pyrrole nitrogens is 1. The monoisotopic (exact) mass is 362 g/mol. The molecular formula is C15H19BN4O4S. The fraction of sp³-hybridized carbons (Fsp3) is 0.467. The van der Waals surface area contributed by atoms with Gasteiger partial charge in [-0.25, -0.2) is 18.1 Å². The maximum absolute atomic E-state index is 11.9. The summed E-state index contributed by atoms with van der Waals surface area (Å²) in [5.41, 5.74) is 2.90. The van der Waals surface area contributed by atoms with Crippen molar-refractivity contribution in [1.82, 2.24) is 14.7 Å². The minimum atomic E-state index is -3.22. The Kier molecular flexibility index (Phi) is 4.05. The first-order chi connectivity index (χ1) is 12.0. The predicted octanol–water partition coefficient (Wildman–Crippen LogP) is 0.0927. The number of nitrogens with one attached hydrogen (secondary N) is 2. The number of nitrogens with zero attached hydrogens (tertiary/aromatic N) is 2. The fourth-order valence-corrected chi connectivity index (χ4v) is 4.86. The van der Waals surface area contributed by atoms with E-state index in [-0.39, 0.29) is 17.7 Å². The van der Waals surface area contributed by atoms with Crippen molar-refractivity contribution >= 4 is 39.3 Å². The molecule has 1 aliphatic heterocycles. The molecule has 4 rings (SSSR count). The molecule has 0 unspecified atom stereocenters. The molecule has 2 aromatic rings. The zero-order valence-electron chi connectivity index (χ0n) is 13.8. The van der Waals surface area contributed by atoms with Crippen LogP contribution < -0.4 is 10.2 Å².